The minimum absolute atomic E-state index is 0.238. The molecule has 0 aliphatic rings. The van der Waals surface area contributed by atoms with E-state index in [0.717, 1.165) is 25.6 Å². The van der Waals surface area contributed by atoms with Gasteiger partial charge in [-0.2, -0.15) is 4.98 Å². The van der Waals surface area contributed by atoms with Crippen LogP contribution in [0, 0.1) is 5.82 Å². The highest BCUT2D eigenvalue weighted by atomic mass is 19.1. The Morgan fingerprint density at radius 1 is 1.37 bits per heavy atom. The number of halogens is 1. The summed E-state index contributed by atoms with van der Waals surface area (Å²) in [4.78, 5) is 11.8. The zero-order valence-corrected chi connectivity index (χ0v) is 10.8. The van der Waals surface area contributed by atoms with Gasteiger partial charge in [-0.15, -0.1) is 0 Å². The largest absolute Gasteiger partial charge is 0.367 e. The average Bonchev–Trinajstić information content (AvgIpc) is 2.93. The summed E-state index contributed by atoms with van der Waals surface area (Å²) in [6, 6.07) is 0. The molecule has 0 unspecified atom stereocenters. The van der Waals surface area contributed by atoms with Gasteiger partial charge in [0.1, 0.15) is 0 Å². The van der Waals surface area contributed by atoms with E-state index >= 15 is 0 Å². The molecule has 6 nitrogen and oxygen atoms in total. The first-order valence-corrected chi connectivity index (χ1v) is 6.19. The van der Waals surface area contributed by atoms with Crippen molar-refractivity contribution in [3.05, 3.63) is 30.7 Å². The summed E-state index contributed by atoms with van der Waals surface area (Å²) in [6.07, 6.45) is 8.55. The Bertz CT molecular complexity index is 499. The maximum atomic E-state index is 13.4. The van der Waals surface area contributed by atoms with E-state index in [4.69, 9.17) is 0 Å². The molecule has 0 fully saturated rings. The number of hydrogen-bond donors (Lipinski definition) is 2. The van der Waals surface area contributed by atoms with Gasteiger partial charge in [0.15, 0.2) is 11.6 Å². The van der Waals surface area contributed by atoms with Gasteiger partial charge >= 0.3 is 0 Å². The van der Waals surface area contributed by atoms with Crippen molar-refractivity contribution in [3.63, 3.8) is 0 Å². The molecule has 2 heterocycles. The third kappa shape index (κ3) is 3.90. The Hall–Kier alpha value is -2.18. The monoisotopic (exact) mass is 264 g/mol. The third-order valence-corrected chi connectivity index (χ3v) is 2.66. The molecule has 0 aromatic carbocycles. The summed E-state index contributed by atoms with van der Waals surface area (Å²) in [6.45, 7) is 1.58. The fourth-order valence-corrected chi connectivity index (χ4v) is 1.66. The second kappa shape index (κ2) is 6.67. The van der Waals surface area contributed by atoms with Crippen molar-refractivity contribution < 1.29 is 4.39 Å². The van der Waals surface area contributed by atoms with Gasteiger partial charge < -0.3 is 15.2 Å². The SMILES string of the molecule is CNc1ncc(F)c(NCCCCn2ccnc2)n1. The summed E-state index contributed by atoms with van der Waals surface area (Å²) in [5.41, 5.74) is 0. The van der Waals surface area contributed by atoms with Crippen LogP contribution in [-0.4, -0.2) is 33.1 Å². The second-order valence-electron chi connectivity index (χ2n) is 4.07. The molecule has 0 radical (unpaired) electrons. The van der Waals surface area contributed by atoms with Crippen molar-refractivity contribution in [2.24, 2.45) is 0 Å². The number of nitrogens with one attached hydrogen (secondary N) is 2. The van der Waals surface area contributed by atoms with Crippen molar-refractivity contribution in [3.8, 4) is 0 Å². The van der Waals surface area contributed by atoms with Gasteiger partial charge in [0, 0.05) is 32.5 Å². The van der Waals surface area contributed by atoms with Crippen molar-refractivity contribution >= 4 is 11.8 Å². The Kier molecular flexibility index (Phi) is 4.66. The van der Waals surface area contributed by atoms with Gasteiger partial charge in [-0.1, -0.05) is 0 Å². The molecule has 7 heteroatoms. The predicted molar refractivity (Wildman–Crippen MR) is 71.5 cm³/mol. The first-order chi connectivity index (χ1) is 9.29. The Morgan fingerprint density at radius 2 is 2.26 bits per heavy atom. The van der Waals surface area contributed by atoms with E-state index in [9.17, 15) is 4.39 Å². The van der Waals surface area contributed by atoms with E-state index in [1.165, 1.54) is 0 Å². The highest BCUT2D eigenvalue weighted by Gasteiger charge is 2.04. The van der Waals surface area contributed by atoms with Gasteiger partial charge in [-0.25, -0.2) is 14.4 Å². The number of aryl methyl sites for hydroxylation is 1. The molecule has 0 amide bonds. The molecule has 2 aromatic heterocycles. The average molecular weight is 264 g/mol. The van der Waals surface area contributed by atoms with E-state index in [-0.39, 0.29) is 5.82 Å². The van der Waals surface area contributed by atoms with Crippen LogP contribution in [0.25, 0.3) is 0 Å². The lowest BCUT2D eigenvalue weighted by Gasteiger charge is -2.08. The van der Waals surface area contributed by atoms with E-state index in [1.807, 2.05) is 10.8 Å². The van der Waals surface area contributed by atoms with Crippen molar-refractivity contribution in [2.75, 3.05) is 24.2 Å². The number of imidazole rings is 1. The number of anilines is 2. The lowest BCUT2D eigenvalue weighted by atomic mass is 10.3. The van der Waals surface area contributed by atoms with E-state index < -0.39 is 5.82 Å². The summed E-state index contributed by atoms with van der Waals surface area (Å²) in [5, 5.41) is 5.75. The molecule has 2 rings (SSSR count). The molecule has 102 valence electrons. The van der Waals surface area contributed by atoms with Crippen LogP contribution in [0.15, 0.2) is 24.9 Å². The fraction of sp³-hybridized carbons (Fsp3) is 0.417. The topological polar surface area (TPSA) is 67.7 Å². The van der Waals surface area contributed by atoms with Crippen LogP contribution in [-0.2, 0) is 6.54 Å². The number of aromatic nitrogens is 4. The highest BCUT2D eigenvalue weighted by molar-refractivity contribution is 5.40. The predicted octanol–water partition coefficient (Wildman–Crippen LogP) is 1.75. The van der Waals surface area contributed by atoms with Crippen LogP contribution in [0.3, 0.4) is 0 Å². The molecule has 19 heavy (non-hydrogen) atoms. The molecular weight excluding hydrogens is 247 g/mol. The van der Waals surface area contributed by atoms with Gasteiger partial charge in [-0.05, 0) is 12.8 Å². The zero-order chi connectivity index (χ0) is 13.5. The maximum Gasteiger partial charge on any atom is 0.224 e. The molecule has 0 saturated carbocycles. The molecular formula is C12H17FN6. The molecule has 2 N–H and O–H groups in total. The van der Waals surface area contributed by atoms with E-state index in [1.54, 1.807) is 19.6 Å². The molecule has 0 atom stereocenters. The number of rotatable bonds is 7. The van der Waals surface area contributed by atoms with Crippen molar-refractivity contribution in [1.29, 1.82) is 0 Å². The van der Waals surface area contributed by atoms with E-state index in [0.29, 0.717) is 12.5 Å². The summed E-state index contributed by atoms with van der Waals surface area (Å²) in [7, 11) is 1.70. The van der Waals surface area contributed by atoms with Gasteiger partial charge in [-0.3, -0.25) is 0 Å². The minimum atomic E-state index is -0.436. The number of unbranched alkanes of at least 4 members (excludes halogenated alkanes) is 1. The first-order valence-electron chi connectivity index (χ1n) is 6.19. The summed E-state index contributed by atoms with van der Waals surface area (Å²) >= 11 is 0. The van der Waals surface area contributed by atoms with Crippen LogP contribution in [0.2, 0.25) is 0 Å². The molecule has 0 aliphatic carbocycles. The van der Waals surface area contributed by atoms with E-state index in [2.05, 4.69) is 25.6 Å². The van der Waals surface area contributed by atoms with Crippen LogP contribution in [0.5, 0.6) is 0 Å². The molecule has 0 saturated heterocycles. The van der Waals surface area contributed by atoms with Crippen LogP contribution >= 0.6 is 0 Å². The van der Waals surface area contributed by atoms with Crippen LogP contribution < -0.4 is 10.6 Å². The maximum absolute atomic E-state index is 13.4. The number of nitrogens with zero attached hydrogens (tertiary/aromatic N) is 4. The first kappa shape index (κ1) is 13.3. The van der Waals surface area contributed by atoms with Crippen molar-refractivity contribution in [2.45, 2.75) is 19.4 Å². The van der Waals surface area contributed by atoms with Crippen LogP contribution in [0.4, 0.5) is 16.2 Å². The van der Waals surface area contributed by atoms with Crippen molar-refractivity contribution in [1.82, 2.24) is 19.5 Å². The normalized spacial score (nSPS) is 10.4. The lowest BCUT2D eigenvalue weighted by Crippen LogP contribution is -2.08. The smallest absolute Gasteiger partial charge is 0.224 e. The third-order valence-electron chi connectivity index (χ3n) is 2.66. The molecule has 0 aliphatic heterocycles. The molecule has 0 bridgehead atoms. The quantitative estimate of drug-likeness (QED) is 0.746. The second-order valence-corrected chi connectivity index (χ2v) is 4.07. The Balaban J connectivity index is 1.73. The zero-order valence-electron chi connectivity index (χ0n) is 10.8. The summed E-state index contributed by atoms with van der Waals surface area (Å²) < 4.78 is 15.4. The Morgan fingerprint density at radius 3 is 3.00 bits per heavy atom. The highest BCUT2D eigenvalue weighted by Crippen LogP contribution is 2.11. The Labute approximate surface area is 111 Å². The van der Waals surface area contributed by atoms with Crippen LogP contribution in [0.1, 0.15) is 12.8 Å². The fourth-order valence-electron chi connectivity index (χ4n) is 1.66. The standard InChI is InChI=1S/C12H17FN6/c1-14-12-17-8-10(13)11(18-12)16-4-2-3-6-19-7-5-15-9-19/h5,7-9H,2-4,6H2,1H3,(H2,14,16,17,18). The lowest BCUT2D eigenvalue weighted by molar-refractivity contribution is 0.606. The van der Waals surface area contributed by atoms with Gasteiger partial charge in [0.2, 0.25) is 5.95 Å². The van der Waals surface area contributed by atoms with Gasteiger partial charge in [0.25, 0.3) is 0 Å². The van der Waals surface area contributed by atoms with Gasteiger partial charge in [0.05, 0.1) is 12.5 Å². The summed E-state index contributed by atoms with van der Waals surface area (Å²) in [5.74, 6) is 0.206. The number of hydrogen-bond acceptors (Lipinski definition) is 5. The molecule has 2 aromatic rings. The molecule has 0 spiro atoms. The minimum Gasteiger partial charge on any atom is -0.367 e.